The third kappa shape index (κ3) is 2.69. The molecule has 19 heavy (non-hydrogen) atoms. The van der Waals surface area contributed by atoms with Gasteiger partial charge in [0, 0.05) is 25.7 Å². The molecule has 1 heterocycles. The zero-order valence-electron chi connectivity index (χ0n) is 11.2. The number of hydrogen-bond donors (Lipinski definition) is 1. The number of amides is 1. The van der Waals surface area contributed by atoms with Gasteiger partial charge in [0.1, 0.15) is 17.3 Å². The second kappa shape index (κ2) is 5.55. The van der Waals surface area contributed by atoms with Crippen molar-refractivity contribution >= 4 is 11.6 Å². The maximum atomic E-state index is 13.6. The Kier molecular flexibility index (Phi) is 4.02. The van der Waals surface area contributed by atoms with E-state index >= 15 is 0 Å². The predicted molar refractivity (Wildman–Crippen MR) is 70.2 cm³/mol. The molecule has 2 rings (SSSR count). The van der Waals surface area contributed by atoms with Crippen LogP contribution in [0.2, 0.25) is 0 Å². The van der Waals surface area contributed by atoms with Crippen LogP contribution in [0.4, 0.5) is 14.5 Å². The summed E-state index contributed by atoms with van der Waals surface area (Å²) in [4.78, 5) is 13.9. The summed E-state index contributed by atoms with van der Waals surface area (Å²) in [5.41, 5.74) is -0.129. The highest BCUT2D eigenvalue weighted by molar-refractivity contribution is 5.94. The van der Waals surface area contributed by atoms with E-state index in [4.69, 9.17) is 0 Å². The van der Waals surface area contributed by atoms with E-state index in [1.54, 1.807) is 4.90 Å². The Morgan fingerprint density at radius 3 is 2.53 bits per heavy atom. The van der Waals surface area contributed by atoms with E-state index < -0.39 is 11.6 Å². The molecule has 1 fully saturated rings. The summed E-state index contributed by atoms with van der Waals surface area (Å²) in [6, 6.07) is 2.19. The van der Waals surface area contributed by atoms with Crippen LogP contribution in [0, 0.1) is 17.6 Å². The van der Waals surface area contributed by atoms with E-state index in [-0.39, 0.29) is 17.2 Å². The lowest BCUT2D eigenvalue weighted by molar-refractivity contribution is 0.0786. The van der Waals surface area contributed by atoms with Crippen LogP contribution in [0.1, 0.15) is 30.1 Å². The molecule has 1 aromatic rings. The van der Waals surface area contributed by atoms with E-state index in [0.29, 0.717) is 19.0 Å². The molecule has 1 atom stereocenters. The van der Waals surface area contributed by atoms with Gasteiger partial charge in [0.15, 0.2) is 0 Å². The van der Waals surface area contributed by atoms with Crippen LogP contribution >= 0.6 is 0 Å². The molecule has 0 aliphatic carbocycles. The van der Waals surface area contributed by atoms with Gasteiger partial charge >= 0.3 is 0 Å². The minimum absolute atomic E-state index is 0.0748. The maximum absolute atomic E-state index is 13.6. The van der Waals surface area contributed by atoms with Crippen molar-refractivity contribution in [1.82, 2.24) is 4.90 Å². The molecule has 0 aromatic heterocycles. The molecule has 1 aliphatic rings. The van der Waals surface area contributed by atoms with Gasteiger partial charge in [0.25, 0.3) is 5.91 Å². The van der Waals surface area contributed by atoms with Crippen molar-refractivity contribution in [2.24, 2.45) is 5.92 Å². The zero-order valence-corrected chi connectivity index (χ0v) is 11.2. The topological polar surface area (TPSA) is 32.3 Å². The fraction of sp³-hybridized carbons (Fsp3) is 0.500. The number of nitrogens with one attached hydrogen (secondary N) is 1. The molecule has 1 aliphatic heterocycles. The zero-order chi connectivity index (χ0) is 14.0. The standard InChI is InChI=1S/C14H18F2N2O/c1-3-9-4-5-18(8-9)14(19)10-6-11(15)13(17-2)12(16)7-10/h6-7,9,17H,3-5,8H2,1-2H3. The summed E-state index contributed by atoms with van der Waals surface area (Å²) in [6.07, 6.45) is 1.98. The van der Waals surface area contributed by atoms with Crippen molar-refractivity contribution in [2.45, 2.75) is 19.8 Å². The van der Waals surface area contributed by atoms with Gasteiger partial charge in [-0.15, -0.1) is 0 Å². The third-order valence-corrected chi connectivity index (χ3v) is 3.69. The molecule has 0 bridgehead atoms. The Morgan fingerprint density at radius 2 is 2.05 bits per heavy atom. The van der Waals surface area contributed by atoms with Crippen molar-refractivity contribution in [3.05, 3.63) is 29.3 Å². The van der Waals surface area contributed by atoms with E-state index in [1.807, 2.05) is 0 Å². The molecule has 0 radical (unpaired) electrons. The first-order valence-electron chi connectivity index (χ1n) is 6.52. The predicted octanol–water partition coefficient (Wildman–Crippen LogP) is 2.88. The van der Waals surface area contributed by atoms with Gasteiger partial charge in [-0.1, -0.05) is 13.3 Å². The highest BCUT2D eigenvalue weighted by atomic mass is 19.1. The quantitative estimate of drug-likeness (QED) is 0.914. The maximum Gasteiger partial charge on any atom is 0.254 e. The van der Waals surface area contributed by atoms with Crippen LogP contribution in [0.15, 0.2) is 12.1 Å². The number of carbonyl (C=O) groups excluding carboxylic acids is 1. The molecule has 5 heteroatoms. The summed E-state index contributed by atoms with van der Waals surface area (Å²) in [5, 5.41) is 2.44. The summed E-state index contributed by atoms with van der Waals surface area (Å²) >= 11 is 0. The van der Waals surface area contributed by atoms with Crippen LogP contribution in [-0.2, 0) is 0 Å². The Morgan fingerprint density at radius 1 is 1.42 bits per heavy atom. The first-order valence-corrected chi connectivity index (χ1v) is 6.52. The van der Waals surface area contributed by atoms with Crippen molar-refractivity contribution in [3.8, 4) is 0 Å². The van der Waals surface area contributed by atoms with Gasteiger partial charge in [0.05, 0.1) is 0 Å². The molecule has 1 N–H and O–H groups in total. The summed E-state index contributed by atoms with van der Waals surface area (Å²) in [7, 11) is 1.44. The fourth-order valence-electron chi connectivity index (χ4n) is 2.47. The van der Waals surface area contributed by atoms with E-state index in [0.717, 1.165) is 25.0 Å². The Bertz CT molecular complexity index is 467. The molecule has 1 amide bonds. The van der Waals surface area contributed by atoms with Gasteiger partial charge in [-0.3, -0.25) is 4.79 Å². The number of hydrogen-bond acceptors (Lipinski definition) is 2. The van der Waals surface area contributed by atoms with E-state index in [2.05, 4.69) is 12.2 Å². The lowest BCUT2D eigenvalue weighted by Crippen LogP contribution is -2.28. The average Bonchev–Trinajstić information content (AvgIpc) is 2.86. The van der Waals surface area contributed by atoms with Crippen LogP contribution < -0.4 is 5.32 Å². The number of carbonyl (C=O) groups is 1. The van der Waals surface area contributed by atoms with Crippen molar-refractivity contribution < 1.29 is 13.6 Å². The van der Waals surface area contributed by atoms with Crippen molar-refractivity contribution in [2.75, 3.05) is 25.5 Å². The van der Waals surface area contributed by atoms with Gasteiger partial charge in [-0.2, -0.15) is 0 Å². The average molecular weight is 268 g/mol. The van der Waals surface area contributed by atoms with Gasteiger partial charge in [-0.05, 0) is 24.5 Å². The number of rotatable bonds is 3. The molecular weight excluding hydrogens is 250 g/mol. The van der Waals surface area contributed by atoms with E-state index in [1.165, 1.54) is 7.05 Å². The number of halogens is 2. The molecule has 1 aromatic carbocycles. The Labute approximate surface area is 111 Å². The second-order valence-electron chi connectivity index (χ2n) is 4.88. The highest BCUT2D eigenvalue weighted by Gasteiger charge is 2.26. The minimum Gasteiger partial charge on any atom is -0.383 e. The molecule has 0 spiro atoms. The summed E-state index contributed by atoms with van der Waals surface area (Å²) in [5.74, 6) is -1.28. The van der Waals surface area contributed by atoms with Gasteiger partial charge < -0.3 is 10.2 Å². The number of anilines is 1. The second-order valence-corrected chi connectivity index (χ2v) is 4.88. The first-order chi connectivity index (χ1) is 9.06. The normalized spacial score (nSPS) is 18.7. The monoisotopic (exact) mass is 268 g/mol. The minimum atomic E-state index is -0.739. The number of likely N-dealkylation sites (tertiary alicyclic amines) is 1. The largest absolute Gasteiger partial charge is 0.383 e. The molecule has 3 nitrogen and oxygen atoms in total. The molecular formula is C14H18F2N2O. The van der Waals surface area contributed by atoms with E-state index in [9.17, 15) is 13.6 Å². The third-order valence-electron chi connectivity index (χ3n) is 3.69. The van der Waals surface area contributed by atoms with Gasteiger partial charge in [-0.25, -0.2) is 8.78 Å². The summed E-state index contributed by atoms with van der Waals surface area (Å²) < 4.78 is 27.3. The highest BCUT2D eigenvalue weighted by Crippen LogP contribution is 2.24. The lowest BCUT2D eigenvalue weighted by atomic mass is 10.1. The summed E-state index contributed by atoms with van der Waals surface area (Å²) in [6.45, 7) is 3.42. The smallest absolute Gasteiger partial charge is 0.254 e. The van der Waals surface area contributed by atoms with Crippen LogP contribution in [-0.4, -0.2) is 30.9 Å². The molecule has 1 unspecified atom stereocenters. The molecule has 1 saturated heterocycles. The Balaban J connectivity index is 2.21. The van der Waals surface area contributed by atoms with Crippen LogP contribution in [0.3, 0.4) is 0 Å². The van der Waals surface area contributed by atoms with Crippen LogP contribution in [0.25, 0.3) is 0 Å². The fourth-order valence-corrected chi connectivity index (χ4v) is 2.47. The van der Waals surface area contributed by atoms with Crippen molar-refractivity contribution in [3.63, 3.8) is 0 Å². The molecule has 0 saturated carbocycles. The first kappa shape index (κ1) is 13.8. The number of nitrogens with zero attached hydrogens (tertiary/aromatic N) is 1. The van der Waals surface area contributed by atoms with Gasteiger partial charge in [0.2, 0.25) is 0 Å². The Hall–Kier alpha value is -1.65. The van der Waals surface area contributed by atoms with Crippen molar-refractivity contribution in [1.29, 1.82) is 0 Å². The van der Waals surface area contributed by atoms with Crippen LogP contribution in [0.5, 0.6) is 0 Å². The SMILES string of the molecule is CCC1CCN(C(=O)c2cc(F)c(NC)c(F)c2)C1. The lowest BCUT2D eigenvalue weighted by Gasteiger charge is -2.17. The number of benzene rings is 1. The molecule has 104 valence electrons.